The van der Waals surface area contributed by atoms with Gasteiger partial charge in [0.25, 0.3) is 0 Å². The third-order valence-electron chi connectivity index (χ3n) is 4.64. The van der Waals surface area contributed by atoms with Crippen LogP contribution in [0, 0.1) is 25.7 Å². The maximum Gasteiger partial charge on any atom is 0.321 e. The summed E-state index contributed by atoms with van der Waals surface area (Å²) >= 11 is 0. The Balaban J connectivity index is 1.63. The van der Waals surface area contributed by atoms with E-state index in [0.717, 1.165) is 37.2 Å². The van der Waals surface area contributed by atoms with Crippen molar-refractivity contribution in [1.29, 1.82) is 0 Å². The number of amides is 2. The highest BCUT2D eigenvalue weighted by molar-refractivity contribution is 5.90. The van der Waals surface area contributed by atoms with Crippen LogP contribution in [0.1, 0.15) is 24.0 Å². The molecule has 2 N–H and O–H groups in total. The first kappa shape index (κ1) is 13.4. The SMILES string of the molecule is Cc1ccc(NC(=O)N2CC3CC(O)CC3C2)c(C)c1. The summed E-state index contributed by atoms with van der Waals surface area (Å²) in [6, 6.07) is 6.03. The number of anilines is 1. The lowest BCUT2D eigenvalue weighted by atomic mass is 10.0. The second kappa shape index (κ2) is 5.09. The summed E-state index contributed by atoms with van der Waals surface area (Å²) < 4.78 is 0. The molecule has 108 valence electrons. The summed E-state index contributed by atoms with van der Waals surface area (Å²) in [6.45, 7) is 5.61. The standard InChI is InChI=1S/C16H22N2O2/c1-10-3-4-15(11(2)5-10)17-16(20)18-8-12-6-14(19)7-13(12)9-18/h3-5,12-14,19H,6-9H2,1-2H3,(H,17,20). The summed E-state index contributed by atoms with van der Waals surface area (Å²) in [6.07, 6.45) is 1.53. The van der Waals surface area contributed by atoms with Crippen molar-refractivity contribution < 1.29 is 9.90 Å². The Kier molecular flexibility index (Phi) is 3.42. The van der Waals surface area contributed by atoms with Crippen LogP contribution in [-0.2, 0) is 0 Å². The van der Waals surface area contributed by atoms with Gasteiger partial charge in [0.1, 0.15) is 0 Å². The van der Waals surface area contributed by atoms with Crippen molar-refractivity contribution in [3.05, 3.63) is 29.3 Å². The van der Waals surface area contributed by atoms with E-state index in [-0.39, 0.29) is 12.1 Å². The fourth-order valence-electron chi connectivity index (χ4n) is 3.58. The number of hydrogen-bond acceptors (Lipinski definition) is 2. The second-order valence-electron chi connectivity index (χ2n) is 6.30. The normalized spacial score (nSPS) is 28.6. The number of nitrogens with one attached hydrogen (secondary N) is 1. The molecule has 0 bridgehead atoms. The Morgan fingerprint density at radius 2 is 1.90 bits per heavy atom. The lowest BCUT2D eigenvalue weighted by Gasteiger charge is -2.19. The first-order chi connectivity index (χ1) is 9.52. The van der Waals surface area contributed by atoms with Gasteiger partial charge in [-0.05, 0) is 50.2 Å². The number of hydrogen-bond donors (Lipinski definition) is 2. The monoisotopic (exact) mass is 274 g/mol. The Morgan fingerprint density at radius 3 is 2.50 bits per heavy atom. The molecule has 2 unspecified atom stereocenters. The van der Waals surface area contributed by atoms with E-state index in [1.807, 2.05) is 30.9 Å². The van der Waals surface area contributed by atoms with Gasteiger partial charge in [-0.3, -0.25) is 0 Å². The highest BCUT2D eigenvalue weighted by Crippen LogP contribution is 2.38. The number of carbonyl (C=O) groups excluding carboxylic acids is 1. The number of benzene rings is 1. The molecule has 2 fully saturated rings. The molecule has 20 heavy (non-hydrogen) atoms. The molecule has 3 rings (SSSR count). The van der Waals surface area contributed by atoms with E-state index in [9.17, 15) is 9.90 Å². The van der Waals surface area contributed by atoms with Gasteiger partial charge in [-0.25, -0.2) is 4.79 Å². The molecule has 2 atom stereocenters. The zero-order valence-electron chi connectivity index (χ0n) is 12.1. The third kappa shape index (κ3) is 2.52. The van der Waals surface area contributed by atoms with Crippen LogP contribution in [0.4, 0.5) is 10.5 Å². The first-order valence-electron chi connectivity index (χ1n) is 7.34. The fourth-order valence-corrected chi connectivity index (χ4v) is 3.58. The van der Waals surface area contributed by atoms with Gasteiger partial charge in [0, 0.05) is 18.8 Å². The van der Waals surface area contributed by atoms with Gasteiger partial charge in [-0.2, -0.15) is 0 Å². The molecule has 1 saturated heterocycles. The van der Waals surface area contributed by atoms with E-state index in [1.165, 1.54) is 5.56 Å². The molecule has 0 spiro atoms. The molecule has 1 aromatic rings. The van der Waals surface area contributed by atoms with Crippen molar-refractivity contribution in [2.24, 2.45) is 11.8 Å². The molecule has 1 aliphatic heterocycles. The van der Waals surface area contributed by atoms with Gasteiger partial charge in [0.2, 0.25) is 0 Å². The van der Waals surface area contributed by atoms with Crippen molar-refractivity contribution >= 4 is 11.7 Å². The number of urea groups is 1. The average Bonchev–Trinajstić information content (AvgIpc) is 2.89. The van der Waals surface area contributed by atoms with Crippen LogP contribution in [0.2, 0.25) is 0 Å². The number of likely N-dealkylation sites (tertiary alicyclic amines) is 1. The number of aryl methyl sites for hydroxylation is 2. The van der Waals surface area contributed by atoms with Crippen LogP contribution in [-0.4, -0.2) is 35.2 Å². The molecule has 0 radical (unpaired) electrons. The largest absolute Gasteiger partial charge is 0.393 e. The fraction of sp³-hybridized carbons (Fsp3) is 0.562. The lowest BCUT2D eigenvalue weighted by molar-refractivity contribution is 0.163. The topological polar surface area (TPSA) is 52.6 Å². The Bertz CT molecular complexity index is 515. The smallest absolute Gasteiger partial charge is 0.321 e. The Morgan fingerprint density at radius 1 is 1.25 bits per heavy atom. The molecule has 4 nitrogen and oxygen atoms in total. The molecular weight excluding hydrogens is 252 g/mol. The number of carbonyl (C=O) groups is 1. The van der Waals surface area contributed by atoms with Crippen molar-refractivity contribution in [2.45, 2.75) is 32.8 Å². The molecular formula is C16H22N2O2. The summed E-state index contributed by atoms with van der Waals surface area (Å²) in [5, 5.41) is 12.6. The van der Waals surface area contributed by atoms with Crippen LogP contribution in [0.3, 0.4) is 0 Å². The van der Waals surface area contributed by atoms with Crippen molar-refractivity contribution in [1.82, 2.24) is 4.90 Å². The van der Waals surface area contributed by atoms with E-state index in [1.54, 1.807) is 0 Å². The molecule has 1 heterocycles. The van der Waals surface area contributed by atoms with E-state index in [0.29, 0.717) is 11.8 Å². The molecule has 0 aromatic heterocycles. The average molecular weight is 274 g/mol. The summed E-state index contributed by atoms with van der Waals surface area (Å²) in [5.74, 6) is 0.963. The number of aliphatic hydroxyl groups excluding tert-OH is 1. The van der Waals surface area contributed by atoms with Crippen molar-refractivity contribution in [2.75, 3.05) is 18.4 Å². The summed E-state index contributed by atoms with van der Waals surface area (Å²) in [7, 11) is 0. The molecule has 2 amide bonds. The Hall–Kier alpha value is -1.55. The number of rotatable bonds is 1. The predicted octanol–water partition coefficient (Wildman–Crippen LogP) is 2.54. The molecule has 1 aliphatic carbocycles. The third-order valence-corrected chi connectivity index (χ3v) is 4.64. The minimum absolute atomic E-state index is 0.0131. The number of nitrogens with zero attached hydrogens (tertiary/aromatic N) is 1. The maximum atomic E-state index is 12.3. The zero-order valence-corrected chi connectivity index (χ0v) is 12.1. The van der Waals surface area contributed by atoms with Gasteiger partial charge in [0.15, 0.2) is 0 Å². The first-order valence-corrected chi connectivity index (χ1v) is 7.34. The van der Waals surface area contributed by atoms with Crippen LogP contribution in [0.5, 0.6) is 0 Å². The van der Waals surface area contributed by atoms with Gasteiger partial charge in [-0.1, -0.05) is 17.7 Å². The Labute approximate surface area is 119 Å². The molecule has 1 aromatic carbocycles. The molecule has 2 aliphatic rings. The quantitative estimate of drug-likeness (QED) is 0.827. The van der Waals surface area contributed by atoms with Gasteiger partial charge >= 0.3 is 6.03 Å². The molecule has 4 heteroatoms. The number of aliphatic hydroxyl groups is 1. The van der Waals surface area contributed by atoms with E-state index >= 15 is 0 Å². The minimum atomic E-state index is -0.158. The molecule has 1 saturated carbocycles. The van der Waals surface area contributed by atoms with Crippen LogP contribution in [0.15, 0.2) is 18.2 Å². The van der Waals surface area contributed by atoms with Gasteiger partial charge < -0.3 is 15.3 Å². The van der Waals surface area contributed by atoms with E-state index in [2.05, 4.69) is 11.4 Å². The minimum Gasteiger partial charge on any atom is -0.393 e. The van der Waals surface area contributed by atoms with E-state index in [4.69, 9.17) is 0 Å². The maximum absolute atomic E-state index is 12.3. The van der Waals surface area contributed by atoms with E-state index < -0.39 is 0 Å². The van der Waals surface area contributed by atoms with Gasteiger partial charge in [0.05, 0.1) is 6.10 Å². The zero-order chi connectivity index (χ0) is 14.3. The van der Waals surface area contributed by atoms with Crippen LogP contribution >= 0.6 is 0 Å². The summed E-state index contributed by atoms with van der Waals surface area (Å²) in [4.78, 5) is 14.2. The van der Waals surface area contributed by atoms with Crippen molar-refractivity contribution in [3.63, 3.8) is 0 Å². The van der Waals surface area contributed by atoms with Crippen LogP contribution < -0.4 is 5.32 Å². The number of fused-ring (bicyclic) bond motifs is 1. The summed E-state index contributed by atoms with van der Waals surface area (Å²) in [5.41, 5.74) is 3.18. The second-order valence-corrected chi connectivity index (χ2v) is 6.30. The van der Waals surface area contributed by atoms with Crippen molar-refractivity contribution in [3.8, 4) is 0 Å². The lowest BCUT2D eigenvalue weighted by Crippen LogP contribution is -2.34. The highest BCUT2D eigenvalue weighted by Gasteiger charge is 2.41. The van der Waals surface area contributed by atoms with Gasteiger partial charge in [-0.15, -0.1) is 0 Å². The van der Waals surface area contributed by atoms with Crippen LogP contribution in [0.25, 0.3) is 0 Å². The predicted molar refractivity (Wildman–Crippen MR) is 78.7 cm³/mol. The highest BCUT2D eigenvalue weighted by atomic mass is 16.3.